The van der Waals surface area contributed by atoms with Crippen LogP contribution in [0.5, 0.6) is 23.0 Å². The number of carbonyl (C=O) groups is 1. The zero-order valence-electron chi connectivity index (χ0n) is 17.2. The Labute approximate surface area is 171 Å². The number of rotatable bonds is 10. The molecule has 4 N–H and O–H groups in total. The van der Waals surface area contributed by atoms with E-state index < -0.39 is 12.1 Å². The fourth-order valence-corrected chi connectivity index (χ4v) is 3.51. The molecular weight excluding hydrogens is 372 g/mol. The number of aryl methyl sites for hydroxylation is 1. The number of carboxylic acid groups (broad SMARTS) is 1. The lowest BCUT2D eigenvalue weighted by Gasteiger charge is -2.25. The number of phenols is 3. The Bertz CT molecular complexity index is 859. The average Bonchev–Trinajstić information content (AvgIpc) is 2.68. The summed E-state index contributed by atoms with van der Waals surface area (Å²) in [5, 5.41) is 40.3. The molecule has 0 aliphatic heterocycles. The molecule has 2 rings (SSSR count). The Morgan fingerprint density at radius 2 is 1.69 bits per heavy atom. The van der Waals surface area contributed by atoms with Gasteiger partial charge in [-0.15, -0.1) is 0 Å². The first kappa shape index (κ1) is 22.4. The van der Waals surface area contributed by atoms with Gasteiger partial charge in [0.2, 0.25) is 0 Å². The largest absolute Gasteiger partial charge is 0.507 e. The molecule has 2 aromatic carbocycles. The topological polar surface area (TPSA) is 107 Å². The first-order valence-electron chi connectivity index (χ1n) is 10.1. The maximum atomic E-state index is 11.6. The van der Waals surface area contributed by atoms with E-state index in [0.717, 1.165) is 12.8 Å². The summed E-state index contributed by atoms with van der Waals surface area (Å²) in [6.07, 6.45) is 3.34. The maximum absolute atomic E-state index is 11.6. The molecule has 0 aliphatic carbocycles. The van der Waals surface area contributed by atoms with Crippen LogP contribution in [-0.2, 0) is 12.8 Å². The van der Waals surface area contributed by atoms with Crippen molar-refractivity contribution >= 4 is 5.97 Å². The van der Waals surface area contributed by atoms with Crippen molar-refractivity contribution in [2.24, 2.45) is 0 Å². The van der Waals surface area contributed by atoms with Crippen molar-refractivity contribution in [3.8, 4) is 23.0 Å². The van der Waals surface area contributed by atoms with Gasteiger partial charge in [-0.25, -0.2) is 4.79 Å². The lowest BCUT2D eigenvalue weighted by molar-refractivity contribution is 0.0693. The number of ether oxygens (including phenoxy) is 1. The van der Waals surface area contributed by atoms with Crippen LogP contribution in [0, 0.1) is 0 Å². The minimum Gasteiger partial charge on any atom is -0.507 e. The number of benzene rings is 2. The number of hydrogen-bond donors (Lipinski definition) is 4. The highest BCUT2D eigenvalue weighted by Gasteiger charge is 2.26. The Morgan fingerprint density at radius 1 is 1.00 bits per heavy atom. The Kier molecular flexibility index (Phi) is 7.76. The second-order valence-corrected chi connectivity index (χ2v) is 7.15. The third kappa shape index (κ3) is 4.94. The van der Waals surface area contributed by atoms with Crippen LogP contribution in [0.3, 0.4) is 0 Å². The number of phenolic OH excluding ortho intramolecular Hbond substituents is 2. The molecule has 0 bridgehead atoms. The molecule has 29 heavy (non-hydrogen) atoms. The van der Waals surface area contributed by atoms with Crippen LogP contribution in [0.1, 0.15) is 79.6 Å². The SMILES string of the molecule is CCCc1cc(C(=O)O)c(O)c(CCC)c1OC(CCC)c1cccc(O)c1O. The standard InChI is InChI=1S/C23H30O6/c1-4-8-14-13-17(23(27)28)20(25)16(9-5-2)22(14)29-19(10-6-3)15-11-7-12-18(24)21(15)26/h7,11-13,19,24-26H,4-6,8-10H2,1-3H3,(H,27,28). The van der Waals surface area contributed by atoms with E-state index in [1.165, 1.54) is 12.1 Å². The van der Waals surface area contributed by atoms with E-state index in [1.54, 1.807) is 12.1 Å². The predicted octanol–water partition coefficient (Wildman–Crippen LogP) is 5.33. The van der Waals surface area contributed by atoms with E-state index in [4.69, 9.17) is 4.74 Å². The maximum Gasteiger partial charge on any atom is 0.339 e. The summed E-state index contributed by atoms with van der Waals surface area (Å²) in [5.41, 5.74) is 1.51. The van der Waals surface area contributed by atoms with Crippen LogP contribution in [0.2, 0.25) is 0 Å². The number of aromatic hydroxyl groups is 3. The van der Waals surface area contributed by atoms with Gasteiger partial charge in [0.1, 0.15) is 23.2 Å². The second kappa shape index (κ2) is 10.0. The Balaban J connectivity index is 2.64. The molecule has 0 radical (unpaired) electrons. The van der Waals surface area contributed by atoms with Gasteiger partial charge in [0.15, 0.2) is 11.5 Å². The van der Waals surface area contributed by atoms with Gasteiger partial charge in [-0.3, -0.25) is 0 Å². The third-order valence-electron chi connectivity index (χ3n) is 4.88. The molecule has 158 valence electrons. The van der Waals surface area contributed by atoms with Crippen molar-refractivity contribution in [1.82, 2.24) is 0 Å². The summed E-state index contributed by atoms with van der Waals surface area (Å²) in [4.78, 5) is 11.6. The lowest BCUT2D eigenvalue weighted by Crippen LogP contribution is -2.12. The Morgan fingerprint density at radius 3 is 2.28 bits per heavy atom. The predicted molar refractivity (Wildman–Crippen MR) is 111 cm³/mol. The second-order valence-electron chi connectivity index (χ2n) is 7.15. The molecular formula is C23H30O6. The van der Waals surface area contributed by atoms with Crippen LogP contribution in [0.25, 0.3) is 0 Å². The number of para-hydroxylation sites is 1. The van der Waals surface area contributed by atoms with E-state index in [2.05, 4.69) is 0 Å². The summed E-state index contributed by atoms with van der Waals surface area (Å²) >= 11 is 0. The molecule has 1 unspecified atom stereocenters. The van der Waals surface area contributed by atoms with Crippen molar-refractivity contribution < 1.29 is 30.0 Å². The van der Waals surface area contributed by atoms with E-state index in [9.17, 15) is 25.2 Å². The minimum atomic E-state index is -1.18. The van der Waals surface area contributed by atoms with E-state index in [-0.39, 0.29) is 22.8 Å². The van der Waals surface area contributed by atoms with Crippen molar-refractivity contribution in [3.05, 3.63) is 46.5 Å². The minimum absolute atomic E-state index is 0.128. The smallest absolute Gasteiger partial charge is 0.339 e. The average molecular weight is 402 g/mol. The van der Waals surface area contributed by atoms with Crippen molar-refractivity contribution in [2.75, 3.05) is 0 Å². The molecule has 6 nitrogen and oxygen atoms in total. The highest BCUT2D eigenvalue weighted by molar-refractivity contribution is 5.92. The molecule has 1 atom stereocenters. The van der Waals surface area contributed by atoms with Crippen LogP contribution in [-0.4, -0.2) is 26.4 Å². The van der Waals surface area contributed by atoms with Gasteiger partial charge >= 0.3 is 5.97 Å². The Hall–Kier alpha value is -2.89. The molecule has 0 aliphatic rings. The molecule has 0 fully saturated rings. The molecule has 0 saturated heterocycles. The van der Waals surface area contributed by atoms with Crippen LogP contribution >= 0.6 is 0 Å². The van der Waals surface area contributed by atoms with Crippen molar-refractivity contribution in [2.45, 2.75) is 65.4 Å². The van der Waals surface area contributed by atoms with E-state index in [0.29, 0.717) is 48.1 Å². The molecule has 0 aromatic heterocycles. The highest BCUT2D eigenvalue weighted by atomic mass is 16.5. The van der Waals surface area contributed by atoms with E-state index >= 15 is 0 Å². The summed E-state index contributed by atoms with van der Waals surface area (Å²) in [6, 6.07) is 6.21. The van der Waals surface area contributed by atoms with Crippen LogP contribution in [0.15, 0.2) is 24.3 Å². The monoisotopic (exact) mass is 402 g/mol. The van der Waals surface area contributed by atoms with Gasteiger partial charge in [-0.1, -0.05) is 52.2 Å². The van der Waals surface area contributed by atoms with Gasteiger partial charge in [0, 0.05) is 11.1 Å². The van der Waals surface area contributed by atoms with Crippen LogP contribution < -0.4 is 4.74 Å². The van der Waals surface area contributed by atoms with E-state index in [1.807, 2.05) is 20.8 Å². The number of hydrogen-bond acceptors (Lipinski definition) is 5. The first-order valence-corrected chi connectivity index (χ1v) is 10.1. The van der Waals surface area contributed by atoms with Gasteiger partial charge < -0.3 is 25.2 Å². The molecule has 0 spiro atoms. The quantitative estimate of drug-likeness (QED) is 0.400. The first-order chi connectivity index (χ1) is 13.8. The van der Waals surface area contributed by atoms with Crippen molar-refractivity contribution in [1.29, 1.82) is 0 Å². The highest BCUT2D eigenvalue weighted by Crippen LogP contribution is 2.42. The molecule has 0 heterocycles. The number of carboxylic acids is 1. The number of aromatic carboxylic acids is 1. The molecule has 0 saturated carbocycles. The summed E-state index contributed by atoms with van der Waals surface area (Å²) < 4.78 is 6.34. The van der Waals surface area contributed by atoms with Gasteiger partial charge in [-0.05, 0) is 37.0 Å². The molecule has 6 heteroatoms. The summed E-state index contributed by atoms with van der Waals surface area (Å²) in [7, 11) is 0. The van der Waals surface area contributed by atoms with Crippen LogP contribution in [0.4, 0.5) is 0 Å². The lowest BCUT2D eigenvalue weighted by atomic mass is 9.96. The van der Waals surface area contributed by atoms with Gasteiger partial charge in [0.05, 0.1) is 0 Å². The summed E-state index contributed by atoms with van der Waals surface area (Å²) in [5.74, 6) is -1.44. The van der Waals surface area contributed by atoms with Crippen molar-refractivity contribution in [3.63, 3.8) is 0 Å². The zero-order chi connectivity index (χ0) is 21.6. The van der Waals surface area contributed by atoms with Gasteiger partial charge in [0.25, 0.3) is 0 Å². The fraction of sp³-hybridized carbons (Fsp3) is 0.435. The zero-order valence-corrected chi connectivity index (χ0v) is 17.2. The fourth-order valence-electron chi connectivity index (χ4n) is 3.51. The molecule has 0 amide bonds. The summed E-state index contributed by atoms with van der Waals surface area (Å²) in [6.45, 7) is 5.92. The molecule has 2 aromatic rings. The normalized spacial score (nSPS) is 12.0. The third-order valence-corrected chi connectivity index (χ3v) is 4.88. The van der Waals surface area contributed by atoms with Gasteiger partial charge in [-0.2, -0.15) is 0 Å².